The molecule has 6 rings (SSSR count). The summed E-state index contributed by atoms with van der Waals surface area (Å²) in [6.07, 6.45) is 0. The third kappa shape index (κ3) is 3.53. The third-order valence-corrected chi connectivity index (χ3v) is 6.54. The van der Waals surface area contributed by atoms with Crippen molar-refractivity contribution in [3.05, 3.63) is 131 Å². The minimum absolute atomic E-state index is 0.0421. The van der Waals surface area contributed by atoms with Gasteiger partial charge in [-0.25, -0.2) is 4.79 Å². The van der Waals surface area contributed by atoms with Crippen LogP contribution >= 0.6 is 0 Å². The molecule has 5 aromatic carbocycles. The van der Waals surface area contributed by atoms with Crippen LogP contribution in [0.2, 0.25) is 0 Å². The molecule has 0 saturated heterocycles. The second kappa shape index (κ2) is 8.61. The first-order chi connectivity index (χ1) is 17.6. The molecule has 1 unspecified atom stereocenters. The maximum atomic E-state index is 13.1. The topological polar surface area (TPSA) is 85.3 Å². The first kappa shape index (κ1) is 21.5. The fourth-order valence-corrected chi connectivity index (χ4v) is 4.89. The number of hydrogen-bond acceptors (Lipinski definition) is 5. The van der Waals surface area contributed by atoms with Gasteiger partial charge in [0.15, 0.2) is 0 Å². The number of ether oxygens (including phenoxy) is 2. The minimum Gasteiger partial charge on any atom is -0.440 e. The Labute approximate surface area is 207 Å². The highest BCUT2D eigenvalue weighted by atomic mass is 16.5. The van der Waals surface area contributed by atoms with E-state index in [1.165, 1.54) is 0 Å². The lowest BCUT2D eigenvalue weighted by atomic mass is 9.81. The van der Waals surface area contributed by atoms with Gasteiger partial charge in [0.25, 0.3) is 0 Å². The molecule has 1 atom stereocenters. The Kier molecular flexibility index (Phi) is 5.13. The van der Waals surface area contributed by atoms with Gasteiger partial charge < -0.3 is 15.2 Å². The van der Waals surface area contributed by atoms with E-state index in [0.717, 1.165) is 32.7 Å². The largest absolute Gasteiger partial charge is 0.440 e. The Morgan fingerprint density at radius 3 is 2.25 bits per heavy atom. The van der Waals surface area contributed by atoms with Crippen molar-refractivity contribution in [2.24, 2.45) is 5.73 Å². The minimum atomic E-state index is -0.464. The molecule has 172 valence electrons. The molecule has 1 aliphatic rings. The van der Waals surface area contributed by atoms with E-state index in [9.17, 15) is 10.1 Å². The van der Waals surface area contributed by atoms with Gasteiger partial charge in [-0.1, -0.05) is 84.9 Å². The predicted molar refractivity (Wildman–Crippen MR) is 139 cm³/mol. The summed E-state index contributed by atoms with van der Waals surface area (Å²) in [6.45, 7) is 0. The van der Waals surface area contributed by atoms with Crippen molar-refractivity contribution in [1.29, 1.82) is 5.26 Å². The molecule has 0 aromatic heterocycles. The number of fused-ring (bicyclic) bond motifs is 3. The van der Waals surface area contributed by atoms with Crippen LogP contribution in [0.1, 0.15) is 27.4 Å². The summed E-state index contributed by atoms with van der Waals surface area (Å²) in [6, 6.07) is 34.7. The van der Waals surface area contributed by atoms with E-state index in [2.05, 4.69) is 6.07 Å². The molecule has 0 aliphatic carbocycles. The number of carbonyl (C=O) groups excluding carboxylic acids is 1. The van der Waals surface area contributed by atoms with Crippen molar-refractivity contribution in [2.45, 2.75) is 5.92 Å². The zero-order valence-corrected chi connectivity index (χ0v) is 19.1. The fraction of sp³-hybridized carbons (Fsp3) is 0.0323. The van der Waals surface area contributed by atoms with Crippen molar-refractivity contribution in [2.75, 3.05) is 0 Å². The van der Waals surface area contributed by atoms with Crippen LogP contribution in [0.5, 0.6) is 11.5 Å². The van der Waals surface area contributed by atoms with Gasteiger partial charge in [-0.15, -0.1) is 0 Å². The van der Waals surface area contributed by atoms with E-state index in [0.29, 0.717) is 22.6 Å². The normalized spacial score (nSPS) is 14.7. The molecule has 0 bridgehead atoms. The van der Waals surface area contributed by atoms with Crippen molar-refractivity contribution >= 4 is 27.5 Å². The first-order valence-electron chi connectivity index (χ1n) is 11.5. The zero-order chi connectivity index (χ0) is 24.6. The standard InChI is InChI=1S/C31H20N2O3/c32-18-27-29(24-13-5-9-19-7-1-3-11-22(19)24)26-16-15-21(17-28(26)36-30(27)33)35-31(34)25-14-6-10-20-8-2-4-12-23(20)25/h1-17,29H,33H2. The SMILES string of the molecule is N#CC1=C(N)Oc2cc(OC(=O)c3cccc4ccccc34)ccc2C1c1cccc2ccccc12. The van der Waals surface area contributed by atoms with E-state index in [1.807, 2.05) is 84.9 Å². The van der Waals surface area contributed by atoms with Crippen LogP contribution in [0.25, 0.3) is 21.5 Å². The van der Waals surface area contributed by atoms with Crippen LogP contribution in [0.3, 0.4) is 0 Å². The molecular formula is C31H20N2O3. The third-order valence-electron chi connectivity index (χ3n) is 6.54. The van der Waals surface area contributed by atoms with Crippen molar-refractivity contribution < 1.29 is 14.3 Å². The molecule has 5 heteroatoms. The Bertz CT molecular complexity index is 1740. The molecule has 36 heavy (non-hydrogen) atoms. The molecule has 5 aromatic rings. The van der Waals surface area contributed by atoms with Gasteiger partial charge in [0.05, 0.1) is 11.5 Å². The van der Waals surface area contributed by atoms with Gasteiger partial charge in [-0.3, -0.25) is 0 Å². The Balaban J connectivity index is 1.41. The average Bonchev–Trinajstić information content (AvgIpc) is 2.91. The summed E-state index contributed by atoms with van der Waals surface area (Å²) < 4.78 is 11.6. The van der Waals surface area contributed by atoms with Crippen LogP contribution in [0, 0.1) is 11.3 Å². The summed E-state index contributed by atoms with van der Waals surface area (Å²) in [4.78, 5) is 13.1. The Morgan fingerprint density at radius 2 is 1.47 bits per heavy atom. The number of rotatable bonds is 3. The molecule has 1 heterocycles. The van der Waals surface area contributed by atoms with E-state index < -0.39 is 11.9 Å². The number of nitriles is 1. The molecule has 2 N–H and O–H groups in total. The van der Waals surface area contributed by atoms with Crippen LogP contribution < -0.4 is 15.2 Å². The quantitative estimate of drug-likeness (QED) is 0.244. The lowest BCUT2D eigenvalue weighted by molar-refractivity contribution is 0.0736. The van der Waals surface area contributed by atoms with E-state index >= 15 is 0 Å². The molecular weight excluding hydrogens is 448 g/mol. The molecule has 5 nitrogen and oxygen atoms in total. The van der Waals surface area contributed by atoms with Crippen molar-refractivity contribution in [1.82, 2.24) is 0 Å². The number of nitrogens with two attached hydrogens (primary N) is 1. The maximum Gasteiger partial charge on any atom is 0.344 e. The summed E-state index contributed by atoms with van der Waals surface area (Å²) in [5, 5.41) is 13.8. The highest BCUT2D eigenvalue weighted by Gasteiger charge is 2.32. The number of carbonyl (C=O) groups is 1. The van der Waals surface area contributed by atoms with Crippen LogP contribution in [0.15, 0.2) is 115 Å². The molecule has 0 fully saturated rings. The molecule has 0 spiro atoms. The van der Waals surface area contributed by atoms with Gasteiger partial charge in [0.1, 0.15) is 23.1 Å². The Morgan fingerprint density at radius 1 is 0.806 bits per heavy atom. The molecule has 0 radical (unpaired) electrons. The highest BCUT2D eigenvalue weighted by Crippen LogP contribution is 2.45. The smallest absolute Gasteiger partial charge is 0.344 e. The molecule has 0 amide bonds. The van der Waals surface area contributed by atoms with Gasteiger partial charge in [-0.05, 0) is 39.2 Å². The zero-order valence-electron chi connectivity index (χ0n) is 19.1. The van der Waals surface area contributed by atoms with Gasteiger partial charge in [-0.2, -0.15) is 5.26 Å². The maximum absolute atomic E-state index is 13.1. The highest BCUT2D eigenvalue weighted by molar-refractivity contribution is 6.05. The summed E-state index contributed by atoms with van der Waals surface area (Å²) in [5.41, 5.74) is 8.77. The number of benzene rings is 5. The van der Waals surface area contributed by atoms with Crippen LogP contribution in [0.4, 0.5) is 0 Å². The number of esters is 1. The molecule has 1 aliphatic heterocycles. The lowest BCUT2D eigenvalue weighted by Crippen LogP contribution is -2.21. The van der Waals surface area contributed by atoms with Gasteiger partial charge in [0, 0.05) is 11.6 Å². The fourth-order valence-electron chi connectivity index (χ4n) is 4.89. The predicted octanol–water partition coefficient (Wildman–Crippen LogP) is 6.43. The molecule has 0 saturated carbocycles. The summed E-state index contributed by atoms with van der Waals surface area (Å²) in [7, 11) is 0. The summed E-state index contributed by atoms with van der Waals surface area (Å²) in [5.74, 6) is -0.0493. The van der Waals surface area contributed by atoms with Crippen LogP contribution in [-0.2, 0) is 0 Å². The number of allylic oxidation sites excluding steroid dienone is 1. The monoisotopic (exact) mass is 468 g/mol. The van der Waals surface area contributed by atoms with Crippen molar-refractivity contribution in [3.8, 4) is 17.6 Å². The van der Waals surface area contributed by atoms with Gasteiger partial charge in [0.2, 0.25) is 5.88 Å². The number of nitrogens with zero attached hydrogens (tertiary/aromatic N) is 1. The van der Waals surface area contributed by atoms with Crippen LogP contribution in [-0.4, -0.2) is 5.97 Å². The van der Waals surface area contributed by atoms with E-state index in [-0.39, 0.29) is 5.88 Å². The van der Waals surface area contributed by atoms with Crippen molar-refractivity contribution in [3.63, 3.8) is 0 Å². The summed E-state index contributed by atoms with van der Waals surface area (Å²) >= 11 is 0. The second-order valence-corrected chi connectivity index (χ2v) is 8.61. The lowest BCUT2D eigenvalue weighted by Gasteiger charge is -2.27. The average molecular weight is 469 g/mol. The van der Waals surface area contributed by atoms with Gasteiger partial charge >= 0.3 is 5.97 Å². The Hall–Kier alpha value is -5.08. The van der Waals surface area contributed by atoms with E-state index in [1.54, 1.807) is 18.2 Å². The second-order valence-electron chi connectivity index (χ2n) is 8.61. The first-order valence-corrected chi connectivity index (χ1v) is 11.5. The van der Waals surface area contributed by atoms with E-state index in [4.69, 9.17) is 15.2 Å². The number of hydrogen-bond donors (Lipinski definition) is 1.